The predicted octanol–water partition coefficient (Wildman–Crippen LogP) is 1.92. The lowest BCUT2D eigenvalue weighted by molar-refractivity contribution is 0.285. The highest BCUT2D eigenvalue weighted by molar-refractivity contribution is 5.52. The third-order valence-corrected chi connectivity index (χ3v) is 2.92. The predicted molar refractivity (Wildman–Crippen MR) is 73.4 cm³/mol. The minimum atomic E-state index is 0.276. The SMILES string of the molecule is Cc1ccccc1N(CCCN)CCCCO. The Balaban J connectivity index is 2.64. The third-order valence-electron chi connectivity index (χ3n) is 2.92. The van der Waals surface area contributed by atoms with Gasteiger partial charge in [0.2, 0.25) is 0 Å². The molecule has 0 atom stereocenters. The number of aliphatic hydroxyl groups excluding tert-OH is 1. The highest BCUT2D eigenvalue weighted by Gasteiger charge is 2.07. The zero-order valence-electron chi connectivity index (χ0n) is 10.7. The van der Waals surface area contributed by atoms with Crippen LogP contribution in [-0.4, -0.2) is 31.3 Å². The van der Waals surface area contributed by atoms with Gasteiger partial charge in [-0.1, -0.05) is 18.2 Å². The Morgan fingerprint density at radius 3 is 2.47 bits per heavy atom. The lowest BCUT2D eigenvalue weighted by Gasteiger charge is -2.26. The van der Waals surface area contributed by atoms with Crippen LogP contribution in [0.15, 0.2) is 24.3 Å². The molecule has 0 aromatic heterocycles. The van der Waals surface area contributed by atoms with Gasteiger partial charge >= 0.3 is 0 Å². The fraction of sp³-hybridized carbons (Fsp3) is 0.571. The van der Waals surface area contributed by atoms with Crippen molar-refractivity contribution in [2.45, 2.75) is 26.2 Å². The van der Waals surface area contributed by atoms with Crippen molar-refractivity contribution in [1.29, 1.82) is 0 Å². The Hall–Kier alpha value is -1.06. The molecule has 17 heavy (non-hydrogen) atoms. The van der Waals surface area contributed by atoms with Gasteiger partial charge in [0.1, 0.15) is 0 Å². The minimum Gasteiger partial charge on any atom is -0.396 e. The van der Waals surface area contributed by atoms with Crippen LogP contribution in [0.5, 0.6) is 0 Å². The molecule has 0 aliphatic heterocycles. The molecule has 0 saturated carbocycles. The van der Waals surface area contributed by atoms with Crippen LogP contribution >= 0.6 is 0 Å². The number of aryl methyl sites for hydroxylation is 1. The molecule has 0 unspecified atom stereocenters. The van der Waals surface area contributed by atoms with Crippen LogP contribution in [0.4, 0.5) is 5.69 Å². The molecule has 1 aromatic rings. The van der Waals surface area contributed by atoms with Crippen LogP contribution in [0.1, 0.15) is 24.8 Å². The summed E-state index contributed by atoms with van der Waals surface area (Å²) in [6.07, 6.45) is 2.90. The molecule has 0 radical (unpaired) electrons. The Morgan fingerprint density at radius 2 is 1.82 bits per heavy atom. The van der Waals surface area contributed by atoms with Crippen LogP contribution in [-0.2, 0) is 0 Å². The molecule has 0 saturated heterocycles. The number of para-hydroxylation sites is 1. The van der Waals surface area contributed by atoms with E-state index in [1.54, 1.807) is 0 Å². The maximum Gasteiger partial charge on any atom is 0.0431 e. The first kappa shape index (κ1) is 14.0. The average molecular weight is 236 g/mol. The standard InChI is InChI=1S/C14H24N2O/c1-13-7-2-3-8-14(13)16(11-6-9-15)10-4-5-12-17/h2-3,7-8,17H,4-6,9-12,15H2,1H3. The van der Waals surface area contributed by atoms with Crippen LogP contribution in [0.3, 0.4) is 0 Å². The maximum atomic E-state index is 8.84. The van der Waals surface area contributed by atoms with Crippen molar-refractivity contribution >= 4 is 5.69 Å². The summed E-state index contributed by atoms with van der Waals surface area (Å²) in [5, 5.41) is 8.84. The number of hydrogen-bond acceptors (Lipinski definition) is 3. The van der Waals surface area contributed by atoms with Crippen molar-refractivity contribution in [1.82, 2.24) is 0 Å². The maximum absolute atomic E-state index is 8.84. The quantitative estimate of drug-likeness (QED) is 0.678. The normalized spacial score (nSPS) is 10.5. The number of nitrogens with two attached hydrogens (primary N) is 1. The number of nitrogens with zero attached hydrogens (tertiary/aromatic N) is 1. The summed E-state index contributed by atoms with van der Waals surface area (Å²) in [5.41, 5.74) is 8.17. The molecular weight excluding hydrogens is 212 g/mol. The van der Waals surface area contributed by atoms with Gasteiger partial charge in [-0.3, -0.25) is 0 Å². The highest BCUT2D eigenvalue weighted by atomic mass is 16.2. The molecule has 3 N–H and O–H groups in total. The van der Waals surface area contributed by atoms with E-state index < -0.39 is 0 Å². The zero-order chi connectivity index (χ0) is 12.5. The summed E-state index contributed by atoms with van der Waals surface area (Å²) in [4.78, 5) is 2.37. The van der Waals surface area contributed by atoms with Gasteiger partial charge in [0.25, 0.3) is 0 Å². The van der Waals surface area contributed by atoms with E-state index in [2.05, 4.69) is 36.1 Å². The summed E-state index contributed by atoms with van der Waals surface area (Å²) in [6, 6.07) is 8.43. The van der Waals surface area contributed by atoms with E-state index in [0.29, 0.717) is 0 Å². The summed E-state index contributed by atoms with van der Waals surface area (Å²) in [5.74, 6) is 0. The van der Waals surface area contributed by atoms with Crippen LogP contribution in [0.25, 0.3) is 0 Å². The first-order chi connectivity index (χ1) is 8.29. The molecule has 0 aliphatic rings. The Labute approximate surface area is 104 Å². The van der Waals surface area contributed by atoms with Crippen molar-refractivity contribution in [3.63, 3.8) is 0 Å². The lowest BCUT2D eigenvalue weighted by atomic mass is 10.1. The zero-order valence-corrected chi connectivity index (χ0v) is 10.7. The summed E-state index contributed by atoms with van der Waals surface area (Å²) in [6.45, 7) is 5.12. The number of benzene rings is 1. The summed E-state index contributed by atoms with van der Waals surface area (Å²) in [7, 11) is 0. The largest absolute Gasteiger partial charge is 0.396 e. The number of aliphatic hydroxyl groups is 1. The van der Waals surface area contributed by atoms with E-state index in [9.17, 15) is 0 Å². The molecule has 0 aliphatic carbocycles. The lowest BCUT2D eigenvalue weighted by Crippen LogP contribution is -2.28. The molecule has 96 valence electrons. The van der Waals surface area contributed by atoms with Crippen molar-refractivity contribution < 1.29 is 5.11 Å². The van der Waals surface area contributed by atoms with Gasteiger partial charge in [-0.05, 0) is 44.4 Å². The fourth-order valence-electron chi connectivity index (χ4n) is 1.97. The van der Waals surface area contributed by atoms with E-state index in [-0.39, 0.29) is 6.61 Å². The number of anilines is 1. The second-order valence-corrected chi connectivity index (χ2v) is 4.35. The van der Waals surface area contributed by atoms with Crippen LogP contribution < -0.4 is 10.6 Å². The molecule has 0 heterocycles. The summed E-state index contributed by atoms with van der Waals surface area (Å²) >= 11 is 0. The Bertz CT molecular complexity index is 315. The first-order valence-electron chi connectivity index (χ1n) is 6.41. The van der Waals surface area contributed by atoms with E-state index in [1.165, 1.54) is 11.3 Å². The molecule has 3 heteroatoms. The molecule has 0 bridgehead atoms. The van der Waals surface area contributed by atoms with Gasteiger partial charge < -0.3 is 15.7 Å². The van der Waals surface area contributed by atoms with E-state index in [0.717, 1.165) is 38.9 Å². The molecule has 1 aromatic carbocycles. The average Bonchev–Trinajstić information content (AvgIpc) is 2.35. The van der Waals surface area contributed by atoms with E-state index in [4.69, 9.17) is 10.8 Å². The molecule has 0 fully saturated rings. The summed E-state index contributed by atoms with van der Waals surface area (Å²) < 4.78 is 0. The second-order valence-electron chi connectivity index (χ2n) is 4.35. The van der Waals surface area contributed by atoms with Crippen LogP contribution in [0.2, 0.25) is 0 Å². The Morgan fingerprint density at radius 1 is 1.12 bits per heavy atom. The fourth-order valence-corrected chi connectivity index (χ4v) is 1.97. The second kappa shape index (κ2) is 8.09. The minimum absolute atomic E-state index is 0.276. The smallest absolute Gasteiger partial charge is 0.0431 e. The van der Waals surface area contributed by atoms with Gasteiger partial charge in [0, 0.05) is 25.4 Å². The van der Waals surface area contributed by atoms with E-state index in [1.807, 2.05) is 0 Å². The highest BCUT2D eigenvalue weighted by Crippen LogP contribution is 2.19. The number of rotatable bonds is 8. The van der Waals surface area contributed by atoms with Crippen LogP contribution in [0, 0.1) is 6.92 Å². The molecular formula is C14H24N2O. The van der Waals surface area contributed by atoms with Gasteiger partial charge in [-0.15, -0.1) is 0 Å². The molecule has 3 nitrogen and oxygen atoms in total. The number of unbranched alkanes of at least 4 members (excludes halogenated alkanes) is 1. The van der Waals surface area contributed by atoms with E-state index >= 15 is 0 Å². The van der Waals surface area contributed by atoms with Crippen molar-refractivity contribution in [3.8, 4) is 0 Å². The first-order valence-corrected chi connectivity index (χ1v) is 6.41. The monoisotopic (exact) mass is 236 g/mol. The Kier molecular flexibility index (Phi) is 6.67. The van der Waals surface area contributed by atoms with Gasteiger partial charge in [-0.2, -0.15) is 0 Å². The third kappa shape index (κ3) is 4.75. The molecule has 1 rings (SSSR count). The topological polar surface area (TPSA) is 49.5 Å². The van der Waals surface area contributed by atoms with Gasteiger partial charge in [-0.25, -0.2) is 0 Å². The van der Waals surface area contributed by atoms with Crippen molar-refractivity contribution in [2.24, 2.45) is 5.73 Å². The number of hydrogen-bond donors (Lipinski definition) is 2. The van der Waals surface area contributed by atoms with Gasteiger partial charge in [0.05, 0.1) is 0 Å². The van der Waals surface area contributed by atoms with Gasteiger partial charge in [0.15, 0.2) is 0 Å². The van der Waals surface area contributed by atoms with Crippen molar-refractivity contribution in [2.75, 3.05) is 31.1 Å². The molecule has 0 amide bonds. The molecule has 0 spiro atoms. The van der Waals surface area contributed by atoms with Crippen molar-refractivity contribution in [3.05, 3.63) is 29.8 Å².